The summed E-state index contributed by atoms with van der Waals surface area (Å²) >= 11 is 0. The van der Waals surface area contributed by atoms with Crippen molar-refractivity contribution in [1.82, 2.24) is 14.7 Å². The van der Waals surface area contributed by atoms with Crippen molar-refractivity contribution < 1.29 is 17.2 Å². The largest absolute Gasteiger partial charge is 0.354 e. The summed E-state index contributed by atoms with van der Waals surface area (Å²) in [5, 5.41) is 13.6. The third kappa shape index (κ3) is 4.00. The van der Waals surface area contributed by atoms with Gasteiger partial charge in [0.05, 0.1) is 10.6 Å². The highest BCUT2D eigenvalue weighted by Gasteiger charge is 2.29. The van der Waals surface area contributed by atoms with Gasteiger partial charge >= 0.3 is 0 Å². The number of benzene rings is 1. The van der Waals surface area contributed by atoms with Crippen molar-refractivity contribution in [3.05, 3.63) is 35.5 Å². The maximum absolute atomic E-state index is 13.5. The predicted molar refractivity (Wildman–Crippen MR) is 101 cm³/mol. The minimum absolute atomic E-state index is 0.121. The number of likely N-dealkylation sites (N-methyl/N-ethyl adjacent to an activating group) is 1. The average Bonchev–Trinajstić information content (AvgIpc) is 2.91. The van der Waals surface area contributed by atoms with E-state index < -0.39 is 22.0 Å². The lowest BCUT2D eigenvalue weighted by Crippen LogP contribution is -2.31. The molecule has 1 aliphatic heterocycles. The minimum Gasteiger partial charge on any atom is -0.354 e. The normalized spacial score (nSPS) is 16.2. The molecule has 28 heavy (non-hydrogen) atoms. The fourth-order valence-corrected chi connectivity index (χ4v) is 3.88. The molecule has 7 nitrogen and oxygen atoms in total. The third-order valence-corrected chi connectivity index (χ3v) is 5.86. The first-order valence-corrected chi connectivity index (χ1v) is 10.7. The van der Waals surface area contributed by atoms with Gasteiger partial charge in [-0.3, -0.25) is 0 Å². The maximum Gasteiger partial charge on any atom is 0.283 e. The maximum atomic E-state index is 13.5. The summed E-state index contributed by atoms with van der Waals surface area (Å²) in [4.78, 5) is 4.16. The van der Waals surface area contributed by atoms with E-state index in [1.54, 1.807) is 0 Å². The quantitative estimate of drug-likeness (QED) is 0.770. The second kappa shape index (κ2) is 7.85. The van der Waals surface area contributed by atoms with Crippen LogP contribution in [0.5, 0.6) is 0 Å². The van der Waals surface area contributed by atoms with Crippen molar-refractivity contribution in [2.45, 2.75) is 17.7 Å². The van der Waals surface area contributed by atoms with Gasteiger partial charge in [-0.1, -0.05) is 0 Å². The molecule has 1 fully saturated rings. The van der Waals surface area contributed by atoms with Gasteiger partial charge in [-0.25, -0.2) is 21.9 Å². The topological polar surface area (TPSA) is 82.2 Å². The third-order valence-electron chi connectivity index (χ3n) is 4.74. The van der Waals surface area contributed by atoms with Crippen LogP contribution in [0.1, 0.15) is 24.1 Å². The summed E-state index contributed by atoms with van der Waals surface area (Å²) in [7, 11) is -1.40. The minimum atomic E-state index is -3.38. The summed E-state index contributed by atoms with van der Waals surface area (Å²) in [6.07, 6.45) is -0.971. The molecule has 0 amide bonds. The van der Waals surface area contributed by atoms with E-state index in [1.807, 2.05) is 18.0 Å². The molecular formula is C18H21F2N5O2S. The predicted octanol–water partition coefficient (Wildman–Crippen LogP) is 2.23. The number of rotatable bonds is 4. The first-order valence-electron chi connectivity index (χ1n) is 8.77. The smallest absolute Gasteiger partial charge is 0.283 e. The zero-order valence-corrected chi connectivity index (χ0v) is 16.5. The number of anilines is 1. The van der Waals surface area contributed by atoms with Gasteiger partial charge in [0.15, 0.2) is 15.7 Å². The number of nitriles is 1. The molecule has 1 aliphatic rings. The van der Waals surface area contributed by atoms with E-state index in [0.717, 1.165) is 25.8 Å². The van der Waals surface area contributed by atoms with Crippen molar-refractivity contribution >= 4 is 15.7 Å². The Morgan fingerprint density at radius 3 is 2.39 bits per heavy atom. The Balaban J connectivity index is 2.13. The van der Waals surface area contributed by atoms with Gasteiger partial charge in [0.1, 0.15) is 17.3 Å². The van der Waals surface area contributed by atoms with Crippen LogP contribution < -0.4 is 4.90 Å². The molecule has 0 aliphatic carbocycles. The van der Waals surface area contributed by atoms with Crippen LogP contribution in [0.15, 0.2) is 29.2 Å². The van der Waals surface area contributed by atoms with Crippen LogP contribution >= 0.6 is 0 Å². The highest BCUT2D eigenvalue weighted by atomic mass is 32.2. The van der Waals surface area contributed by atoms with Crippen LogP contribution in [-0.2, 0) is 9.84 Å². The van der Waals surface area contributed by atoms with E-state index in [-0.39, 0.29) is 10.5 Å². The van der Waals surface area contributed by atoms with E-state index >= 15 is 0 Å². The molecule has 3 rings (SSSR count). The van der Waals surface area contributed by atoms with Crippen LogP contribution in [0.25, 0.3) is 5.69 Å². The van der Waals surface area contributed by atoms with Crippen molar-refractivity contribution in [1.29, 1.82) is 5.26 Å². The number of aromatic nitrogens is 2. The Morgan fingerprint density at radius 2 is 1.82 bits per heavy atom. The molecule has 150 valence electrons. The summed E-state index contributed by atoms with van der Waals surface area (Å²) < 4.78 is 51.7. The van der Waals surface area contributed by atoms with Crippen LogP contribution in [0.4, 0.5) is 14.6 Å². The second-order valence-corrected chi connectivity index (χ2v) is 8.83. The number of sulfone groups is 1. The molecule has 0 saturated carbocycles. The molecule has 0 bridgehead atoms. The molecule has 0 unspecified atom stereocenters. The van der Waals surface area contributed by atoms with Gasteiger partial charge in [-0.15, -0.1) is 0 Å². The summed E-state index contributed by atoms with van der Waals surface area (Å²) in [6.45, 7) is 2.78. The van der Waals surface area contributed by atoms with Crippen molar-refractivity contribution in [3.63, 3.8) is 0 Å². The lowest BCUT2D eigenvalue weighted by molar-refractivity contribution is 0.145. The van der Waals surface area contributed by atoms with Crippen molar-refractivity contribution in [2.24, 2.45) is 0 Å². The number of halogens is 2. The number of alkyl halides is 2. The van der Waals surface area contributed by atoms with Gasteiger partial charge in [-0.2, -0.15) is 10.4 Å². The Kier molecular flexibility index (Phi) is 5.67. The molecule has 2 aromatic rings. The summed E-state index contributed by atoms with van der Waals surface area (Å²) in [5.74, 6) is 0.320. The highest BCUT2D eigenvalue weighted by Crippen LogP contribution is 2.33. The lowest BCUT2D eigenvalue weighted by Gasteiger charge is -2.24. The molecule has 0 radical (unpaired) electrons. The molecule has 10 heteroatoms. The lowest BCUT2D eigenvalue weighted by atomic mass is 10.2. The fourth-order valence-electron chi connectivity index (χ4n) is 3.25. The van der Waals surface area contributed by atoms with E-state index in [2.05, 4.69) is 10.00 Å². The van der Waals surface area contributed by atoms with E-state index in [1.165, 1.54) is 28.9 Å². The fraction of sp³-hybridized carbons (Fsp3) is 0.444. The Morgan fingerprint density at radius 1 is 1.14 bits per heavy atom. The van der Waals surface area contributed by atoms with Gasteiger partial charge < -0.3 is 9.80 Å². The van der Waals surface area contributed by atoms with Crippen LogP contribution in [0, 0.1) is 11.3 Å². The first-order chi connectivity index (χ1) is 13.2. The molecule has 0 spiro atoms. The van der Waals surface area contributed by atoms with Gasteiger partial charge in [0.2, 0.25) is 0 Å². The molecule has 1 aromatic carbocycles. The summed E-state index contributed by atoms with van der Waals surface area (Å²) in [6, 6.07) is 7.71. The zero-order chi connectivity index (χ0) is 20.5. The SMILES string of the molecule is CN1CCCN(c2c(C#N)c(C(F)F)nn2-c2ccc(S(C)(=O)=O)cc2)CC1. The molecule has 2 heterocycles. The van der Waals surface area contributed by atoms with Crippen LogP contribution in [-0.4, -0.2) is 62.6 Å². The molecule has 0 N–H and O–H groups in total. The monoisotopic (exact) mass is 409 g/mol. The zero-order valence-electron chi connectivity index (χ0n) is 15.6. The van der Waals surface area contributed by atoms with Crippen LogP contribution in [0.3, 0.4) is 0 Å². The highest BCUT2D eigenvalue weighted by molar-refractivity contribution is 7.90. The molecule has 0 atom stereocenters. The van der Waals surface area contributed by atoms with Crippen molar-refractivity contribution in [2.75, 3.05) is 44.4 Å². The van der Waals surface area contributed by atoms with Gasteiger partial charge in [-0.05, 0) is 44.3 Å². The van der Waals surface area contributed by atoms with E-state index in [9.17, 15) is 22.5 Å². The Bertz CT molecular complexity index is 996. The number of hydrogen-bond acceptors (Lipinski definition) is 6. The number of hydrogen-bond donors (Lipinski definition) is 0. The molecule has 1 saturated heterocycles. The van der Waals surface area contributed by atoms with E-state index in [0.29, 0.717) is 24.6 Å². The Labute approximate surface area is 162 Å². The Hall–Kier alpha value is -2.51. The molecule has 1 aromatic heterocycles. The van der Waals surface area contributed by atoms with E-state index in [4.69, 9.17) is 0 Å². The summed E-state index contributed by atoms with van der Waals surface area (Å²) in [5.41, 5.74) is -0.294. The standard InChI is InChI=1S/C18H21F2N5O2S/c1-23-8-3-9-24(11-10-23)18-15(12-21)16(17(19)20)22-25(18)13-4-6-14(7-5-13)28(2,26)27/h4-7,17H,3,8-11H2,1-2H3. The first kappa shape index (κ1) is 20.2. The average molecular weight is 409 g/mol. The second-order valence-electron chi connectivity index (χ2n) is 6.82. The van der Waals surface area contributed by atoms with Gasteiger partial charge in [0, 0.05) is 25.9 Å². The van der Waals surface area contributed by atoms with Gasteiger partial charge in [0.25, 0.3) is 6.43 Å². The number of nitrogens with zero attached hydrogens (tertiary/aromatic N) is 5. The van der Waals surface area contributed by atoms with Crippen molar-refractivity contribution in [3.8, 4) is 11.8 Å². The molecular weight excluding hydrogens is 388 g/mol. The van der Waals surface area contributed by atoms with Crippen LogP contribution in [0.2, 0.25) is 0 Å².